The fourth-order valence-corrected chi connectivity index (χ4v) is 7.31. The van der Waals surface area contributed by atoms with Gasteiger partial charge in [-0.2, -0.15) is 4.98 Å². The van der Waals surface area contributed by atoms with Gasteiger partial charge in [-0.15, -0.1) is 4.52 Å². The predicted octanol–water partition coefficient (Wildman–Crippen LogP) is -0.194. The zero-order valence-electron chi connectivity index (χ0n) is 22.5. The van der Waals surface area contributed by atoms with E-state index in [-0.39, 0.29) is 22.8 Å². The molecule has 6 rings (SSSR count). The van der Waals surface area contributed by atoms with E-state index in [2.05, 4.69) is 37.2 Å². The summed E-state index contributed by atoms with van der Waals surface area (Å²) >= 11 is 8.90. The van der Waals surface area contributed by atoms with Gasteiger partial charge in [-0.25, -0.2) is 19.3 Å². The average Bonchev–Trinajstić information content (AvgIpc) is 3.73. The number of rotatable bonds is 10. The molecule has 2 saturated heterocycles. The molecule has 0 aromatic carbocycles. The summed E-state index contributed by atoms with van der Waals surface area (Å²) in [6.07, 6.45) is -7.90. The van der Waals surface area contributed by atoms with E-state index in [0.29, 0.717) is 11.2 Å². The van der Waals surface area contributed by atoms with Crippen molar-refractivity contribution in [3.8, 4) is 0 Å². The van der Waals surface area contributed by atoms with Crippen molar-refractivity contribution in [2.75, 3.05) is 24.7 Å². The summed E-state index contributed by atoms with van der Waals surface area (Å²) < 4.78 is 57.9. The molecule has 0 aliphatic carbocycles. The number of aliphatic hydroxyl groups excluding tert-OH is 2. The number of hydrogen-bond donors (Lipinski definition) is 7. The van der Waals surface area contributed by atoms with Gasteiger partial charge in [-0.05, 0) is 22.4 Å². The van der Waals surface area contributed by atoms with Crippen LogP contribution < -0.4 is 17.0 Å². The molecule has 4 aromatic rings. The monoisotopic (exact) mass is 708 g/mol. The third kappa shape index (κ3) is 6.09. The van der Waals surface area contributed by atoms with Crippen LogP contribution in [0.2, 0.25) is 0 Å². The van der Waals surface area contributed by atoms with Crippen LogP contribution >= 0.6 is 26.2 Å². The first-order valence-electron chi connectivity index (χ1n) is 12.9. The van der Waals surface area contributed by atoms with Gasteiger partial charge < -0.3 is 40.6 Å². The van der Waals surface area contributed by atoms with Gasteiger partial charge in [0.2, 0.25) is 5.95 Å². The maximum Gasteiger partial charge on any atom is 0.582 e. The molecule has 19 nitrogen and oxygen atoms in total. The summed E-state index contributed by atoms with van der Waals surface area (Å²) in [5.74, 6) is -0.233. The van der Waals surface area contributed by atoms with Crippen molar-refractivity contribution in [2.45, 2.75) is 49.1 Å². The van der Waals surface area contributed by atoms with Crippen LogP contribution in [-0.4, -0.2) is 99.1 Å². The number of pyridine rings is 1. The number of thiol groups is 1. The van der Waals surface area contributed by atoms with Crippen LogP contribution in [0.3, 0.4) is 0 Å². The number of nitrogens with one attached hydrogen (secondary N) is 1. The van der Waals surface area contributed by atoms with Crippen LogP contribution in [0.15, 0.2) is 29.7 Å². The summed E-state index contributed by atoms with van der Waals surface area (Å²) in [6.45, 7) is -5.62. The van der Waals surface area contributed by atoms with Gasteiger partial charge in [-0.1, -0.05) is 0 Å². The Bertz CT molecular complexity index is 1860. The molecular weight excluding hydrogens is 683 g/mol. The second-order valence-corrected chi connectivity index (χ2v) is 14.3. The molecule has 8 N–H and O–H groups in total. The Morgan fingerprint density at radius 1 is 1.13 bits per heavy atom. The molecule has 0 amide bonds. The second kappa shape index (κ2) is 12.5. The van der Waals surface area contributed by atoms with Crippen LogP contribution in [0.1, 0.15) is 12.5 Å². The van der Waals surface area contributed by atoms with Crippen LogP contribution in [-0.2, 0) is 39.4 Å². The maximum atomic E-state index is 15.7. The van der Waals surface area contributed by atoms with Crippen molar-refractivity contribution in [3.63, 3.8) is 0 Å². The number of H-pyrrole nitrogens is 1. The molecule has 242 valence electrons. The van der Waals surface area contributed by atoms with E-state index < -0.39 is 81.9 Å². The van der Waals surface area contributed by atoms with E-state index in [9.17, 15) is 24.5 Å². The van der Waals surface area contributed by atoms with E-state index in [1.165, 1.54) is 27.7 Å². The topological polar surface area (TPSA) is 270 Å². The minimum absolute atomic E-state index is 0.0451. The predicted molar refractivity (Wildman–Crippen MR) is 159 cm³/mol. The zero-order chi connectivity index (χ0) is 32.2. The standard InChI is InChI=1S/C21H24FN9O10P2S2/c22-10-14(40-42(35)44)9(39-19(10)30-5-26-11-7(23)1-2-25-16(11)30)4-37-43(36,45)41-15-13(33)8(3-32)38-20(15)31-6-27-12-17(31)28-21(24)29-18(12)34/h1-2,5-6,8-10,13-15,19-20,32-33H,3-4H2,(H6-,23,24,25,28,29,34,35,36,44,45)/p+1/t8-,9-,10?,13+,14+,15?,19-,20-,43?/m1/s1. The molecule has 0 bridgehead atoms. The van der Waals surface area contributed by atoms with Gasteiger partial charge in [-0.3, -0.25) is 23.4 Å². The minimum atomic E-state index is -4.33. The first kappa shape index (κ1) is 32.2. The number of imidazole rings is 2. The molecule has 24 heteroatoms. The lowest BCUT2D eigenvalue weighted by Crippen LogP contribution is -2.35. The largest absolute Gasteiger partial charge is 0.582 e. The molecule has 4 unspecified atom stereocenters. The fraction of sp³-hybridized carbons (Fsp3) is 0.476. The number of aromatic nitrogens is 7. The molecule has 2 aliphatic rings. The van der Waals surface area contributed by atoms with Crippen LogP contribution in [0, 0.1) is 0 Å². The molecule has 4 aromatic heterocycles. The third-order valence-electron chi connectivity index (χ3n) is 7.12. The second-order valence-electron chi connectivity index (χ2n) is 9.89. The number of aromatic amines is 1. The number of alkyl halides is 1. The van der Waals surface area contributed by atoms with Gasteiger partial charge in [0.1, 0.15) is 42.2 Å². The molecule has 6 heterocycles. The van der Waals surface area contributed by atoms with Gasteiger partial charge in [0.05, 0.1) is 31.6 Å². The Morgan fingerprint density at radius 3 is 2.53 bits per heavy atom. The molecule has 45 heavy (non-hydrogen) atoms. The Morgan fingerprint density at radius 2 is 1.82 bits per heavy atom. The number of hydrogen-bond acceptors (Lipinski definition) is 16. The molecule has 2 fully saturated rings. The van der Waals surface area contributed by atoms with Gasteiger partial charge in [0.25, 0.3) is 5.56 Å². The number of fused-ring (bicyclic) bond motifs is 2. The number of halogens is 1. The maximum absolute atomic E-state index is 15.7. The van der Waals surface area contributed by atoms with Gasteiger partial charge in [0, 0.05) is 6.20 Å². The van der Waals surface area contributed by atoms with E-state index in [0.717, 1.165) is 6.33 Å². The lowest BCUT2D eigenvalue weighted by Gasteiger charge is -2.27. The normalized spacial score (nSPS) is 30.3. The Kier molecular flexibility index (Phi) is 8.93. The summed E-state index contributed by atoms with van der Waals surface area (Å²) in [5.41, 5.74) is 11.6. The summed E-state index contributed by atoms with van der Waals surface area (Å²) in [5, 5.41) is 20.6. The summed E-state index contributed by atoms with van der Waals surface area (Å²) in [7, 11) is -2.61. The van der Waals surface area contributed by atoms with Gasteiger partial charge >= 0.3 is 13.9 Å². The lowest BCUT2D eigenvalue weighted by molar-refractivity contribution is -0.0542. The summed E-state index contributed by atoms with van der Waals surface area (Å²) in [6, 6.07) is 1.52. The number of aliphatic hydroxyl groups is 2. The molecule has 0 saturated carbocycles. The highest BCUT2D eigenvalue weighted by Crippen LogP contribution is 2.51. The number of nitrogens with zero attached hydrogens (tertiary/aromatic N) is 6. The van der Waals surface area contributed by atoms with Gasteiger partial charge in [0.15, 0.2) is 41.5 Å². The minimum Gasteiger partial charge on any atom is -0.397 e. The number of nitrogen functional groups attached to an aromatic ring is 2. The zero-order valence-corrected chi connectivity index (χ0v) is 26.0. The van der Waals surface area contributed by atoms with E-state index in [1.807, 2.05) is 0 Å². The Labute approximate surface area is 261 Å². The van der Waals surface area contributed by atoms with E-state index >= 15 is 4.39 Å². The number of anilines is 2. The quantitative estimate of drug-likeness (QED) is 0.0830. The molecule has 10 atom stereocenters. The highest BCUT2D eigenvalue weighted by molar-refractivity contribution is 8.39. The molecule has 0 radical (unpaired) electrons. The smallest absolute Gasteiger partial charge is 0.397 e. The van der Waals surface area contributed by atoms with E-state index in [1.54, 1.807) is 0 Å². The number of nitrogens with two attached hydrogens (primary N) is 2. The van der Waals surface area contributed by atoms with Crippen molar-refractivity contribution >= 4 is 72.0 Å². The Hall–Kier alpha value is -2.72. The highest BCUT2D eigenvalue weighted by atomic mass is 32.7. The SMILES string of the molecule is Nc1nc2c(ncn2[C@@H]2O[C@H](CO)[C@H](O)C2OP(O)(=S)OC[C@H]2O[C@@H](n3cnc4c(N)ccnc43)C(F)[C@H]2O[P+](=O)S)c(=O)[nH]1. The lowest BCUT2D eigenvalue weighted by atomic mass is 10.1. The highest BCUT2D eigenvalue weighted by Gasteiger charge is 2.53. The third-order valence-corrected chi connectivity index (χ3v) is 9.39. The van der Waals surface area contributed by atoms with Crippen LogP contribution in [0.5, 0.6) is 0 Å². The average molecular weight is 709 g/mol. The Balaban J connectivity index is 1.22. The summed E-state index contributed by atoms with van der Waals surface area (Å²) in [4.78, 5) is 41.9. The van der Waals surface area contributed by atoms with Crippen molar-refractivity contribution < 1.29 is 47.1 Å². The molecule has 0 spiro atoms. The van der Waals surface area contributed by atoms with Crippen LogP contribution in [0.4, 0.5) is 16.0 Å². The van der Waals surface area contributed by atoms with Crippen molar-refractivity contribution in [2.24, 2.45) is 0 Å². The van der Waals surface area contributed by atoms with Crippen molar-refractivity contribution in [3.05, 3.63) is 35.3 Å². The van der Waals surface area contributed by atoms with Crippen molar-refractivity contribution in [1.29, 1.82) is 0 Å². The first-order chi connectivity index (χ1) is 21.4. The number of ether oxygens (including phenoxy) is 2. The first-order valence-corrected chi connectivity index (χ1v) is 17.8. The fourth-order valence-electron chi connectivity index (χ4n) is 5.11. The van der Waals surface area contributed by atoms with Crippen LogP contribution in [0.25, 0.3) is 22.3 Å². The molecule has 2 aliphatic heterocycles. The van der Waals surface area contributed by atoms with Crippen molar-refractivity contribution in [1.82, 2.24) is 34.1 Å². The molecular formula is C21H25FN9O10P2S2+. The van der Waals surface area contributed by atoms with E-state index in [4.69, 9.17) is 46.3 Å².